The van der Waals surface area contributed by atoms with Crippen molar-refractivity contribution >= 4 is 12.0 Å². The summed E-state index contributed by atoms with van der Waals surface area (Å²) in [5, 5.41) is 0. The van der Waals surface area contributed by atoms with Crippen LogP contribution in [0, 0.1) is 0 Å². The largest absolute Gasteiger partial charge is 0.454 e. The van der Waals surface area contributed by atoms with E-state index in [4.69, 9.17) is 9.47 Å². The number of carbonyl (C=O) groups excluding carboxylic acids is 1. The van der Waals surface area contributed by atoms with Crippen molar-refractivity contribution in [3.63, 3.8) is 0 Å². The van der Waals surface area contributed by atoms with Crippen LogP contribution in [0.25, 0.3) is 6.08 Å². The van der Waals surface area contributed by atoms with Gasteiger partial charge in [0.25, 0.3) is 0 Å². The quantitative estimate of drug-likeness (QED) is 0.788. The number of carbonyl (C=O) groups is 1. The van der Waals surface area contributed by atoms with Gasteiger partial charge in [-0.1, -0.05) is 25.3 Å². The normalized spacial score (nSPS) is 17.9. The molecule has 1 heterocycles. The van der Waals surface area contributed by atoms with Crippen LogP contribution in [-0.2, 0) is 4.79 Å². The average Bonchev–Trinajstić information content (AvgIpc) is 3.01. The van der Waals surface area contributed by atoms with E-state index in [0.717, 1.165) is 29.9 Å². The second-order valence-corrected chi connectivity index (χ2v) is 6.58. The first-order valence-corrected chi connectivity index (χ1v) is 8.55. The lowest BCUT2D eigenvalue weighted by Gasteiger charge is -2.36. The van der Waals surface area contributed by atoms with Crippen LogP contribution in [0.5, 0.6) is 11.5 Å². The summed E-state index contributed by atoms with van der Waals surface area (Å²) in [6, 6.07) is 6.35. The van der Waals surface area contributed by atoms with Gasteiger partial charge in [-0.05, 0) is 50.5 Å². The summed E-state index contributed by atoms with van der Waals surface area (Å²) in [7, 11) is 0. The maximum atomic E-state index is 12.7. The molecule has 0 saturated heterocycles. The SMILES string of the molecule is CC(C)N(C(=O)/C=C/c1ccc2c(c1)OCO2)C1CCCCC1. The third-order valence-electron chi connectivity index (χ3n) is 4.59. The average molecular weight is 315 g/mol. The van der Waals surface area contributed by atoms with Gasteiger partial charge in [0, 0.05) is 18.2 Å². The van der Waals surface area contributed by atoms with Gasteiger partial charge in [-0.15, -0.1) is 0 Å². The minimum Gasteiger partial charge on any atom is -0.454 e. The smallest absolute Gasteiger partial charge is 0.247 e. The molecule has 0 N–H and O–H groups in total. The number of fused-ring (bicyclic) bond motifs is 1. The van der Waals surface area contributed by atoms with Gasteiger partial charge in [0.2, 0.25) is 12.7 Å². The lowest BCUT2D eigenvalue weighted by molar-refractivity contribution is -0.130. The molecular weight excluding hydrogens is 290 g/mol. The fraction of sp³-hybridized carbons (Fsp3) is 0.526. The first-order valence-electron chi connectivity index (χ1n) is 8.55. The molecule has 0 radical (unpaired) electrons. The molecular formula is C19H25NO3. The van der Waals surface area contributed by atoms with Crippen LogP contribution in [0.4, 0.5) is 0 Å². The molecule has 3 rings (SSSR count). The molecule has 1 fully saturated rings. The topological polar surface area (TPSA) is 38.8 Å². The zero-order valence-electron chi connectivity index (χ0n) is 14.0. The Kier molecular flexibility index (Phi) is 4.89. The van der Waals surface area contributed by atoms with E-state index < -0.39 is 0 Å². The van der Waals surface area contributed by atoms with Crippen LogP contribution in [-0.4, -0.2) is 29.7 Å². The van der Waals surface area contributed by atoms with Gasteiger partial charge in [0.15, 0.2) is 11.5 Å². The van der Waals surface area contributed by atoms with Gasteiger partial charge < -0.3 is 14.4 Å². The fourth-order valence-corrected chi connectivity index (χ4v) is 3.49. The maximum Gasteiger partial charge on any atom is 0.247 e. The fourth-order valence-electron chi connectivity index (χ4n) is 3.49. The van der Waals surface area contributed by atoms with E-state index in [1.807, 2.05) is 29.2 Å². The Hall–Kier alpha value is -1.97. The zero-order chi connectivity index (χ0) is 16.2. The number of hydrogen-bond acceptors (Lipinski definition) is 3. The predicted molar refractivity (Wildman–Crippen MR) is 90.5 cm³/mol. The standard InChI is InChI=1S/C19H25NO3/c1-14(2)20(16-6-4-3-5-7-16)19(21)11-9-15-8-10-17-18(12-15)23-13-22-17/h8-12,14,16H,3-7,13H2,1-2H3/b11-9+. The van der Waals surface area contributed by atoms with Crippen LogP contribution < -0.4 is 9.47 Å². The molecule has 1 aromatic carbocycles. The molecule has 4 heteroatoms. The van der Waals surface area contributed by atoms with Crippen LogP contribution in [0.15, 0.2) is 24.3 Å². The molecule has 2 aliphatic rings. The number of ether oxygens (including phenoxy) is 2. The van der Waals surface area contributed by atoms with Crippen LogP contribution in [0.1, 0.15) is 51.5 Å². The summed E-state index contributed by atoms with van der Waals surface area (Å²) in [4.78, 5) is 14.7. The predicted octanol–water partition coefficient (Wildman–Crippen LogP) is 4.00. The number of rotatable bonds is 4. The van der Waals surface area contributed by atoms with Crippen molar-refractivity contribution in [3.05, 3.63) is 29.8 Å². The Morgan fingerprint density at radius 1 is 1.17 bits per heavy atom. The highest BCUT2D eigenvalue weighted by molar-refractivity contribution is 5.92. The zero-order valence-corrected chi connectivity index (χ0v) is 14.0. The van der Waals surface area contributed by atoms with Crippen molar-refractivity contribution in [1.82, 2.24) is 4.90 Å². The third kappa shape index (κ3) is 3.69. The van der Waals surface area contributed by atoms with Gasteiger partial charge in [-0.25, -0.2) is 0 Å². The van der Waals surface area contributed by atoms with Crippen molar-refractivity contribution < 1.29 is 14.3 Å². The molecule has 23 heavy (non-hydrogen) atoms. The first-order chi connectivity index (χ1) is 11.1. The minimum absolute atomic E-state index is 0.101. The van der Waals surface area contributed by atoms with Crippen molar-refractivity contribution in [1.29, 1.82) is 0 Å². The van der Waals surface area contributed by atoms with Gasteiger partial charge in [0.1, 0.15) is 0 Å². The molecule has 0 bridgehead atoms. The molecule has 0 atom stereocenters. The summed E-state index contributed by atoms with van der Waals surface area (Å²) in [5.74, 6) is 1.61. The van der Waals surface area contributed by atoms with Gasteiger partial charge >= 0.3 is 0 Å². The number of benzene rings is 1. The molecule has 0 aromatic heterocycles. The monoisotopic (exact) mass is 315 g/mol. The Morgan fingerprint density at radius 3 is 2.65 bits per heavy atom. The number of hydrogen-bond donors (Lipinski definition) is 0. The Morgan fingerprint density at radius 2 is 1.91 bits per heavy atom. The van der Waals surface area contributed by atoms with Crippen LogP contribution >= 0.6 is 0 Å². The highest BCUT2D eigenvalue weighted by atomic mass is 16.7. The van der Waals surface area contributed by atoms with Crippen molar-refractivity contribution in [2.24, 2.45) is 0 Å². The molecule has 1 aromatic rings. The van der Waals surface area contributed by atoms with Crippen molar-refractivity contribution in [3.8, 4) is 11.5 Å². The highest BCUT2D eigenvalue weighted by Gasteiger charge is 2.26. The van der Waals surface area contributed by atoms with Crippen molar-refractivity contribution in [2.45, 2.75) is 58.0 Å². The van der Waals surface area contributed by atoms with Crippen LogP contribution in [0.2, 0.25) is 0 Å². The number of nitrogens with zero attached hydrogens (tertiary/aromatic N) is 1. The van der Waals surface area contributed by atoms with Gasteiger partial charge in [-0.3, -0.25) is 4.79 Å². The summed E-state index contributed by atoms with van der Waals surface area (Å²) in [6.07, 6.45) is 9.56. The Labute approximate surface area is 138 Å². The van der Waals surface area contributed by atoms with E-state index in [1.165, 1.54) is 19.3 Å². The van der Waals surface area contributed by atoms with Crippen molar-refractivity contribution in [2.75, 3.05) is 6.79 Å². The van der Waals surface area contributed by atoms with E-state index in [1.54, 1.807) is 6.08 Å². The lowest BCUT2D eigenvalue weighted by atomic mass is 9.93. The Balaban J connectivity index is 1.70. The third-order valence-corrected chi connectivity index (χ3v) is 4.59. The van der Waals surface area contributed by atoms with E-state index in [2.05, 4.69) is 13.8 Å². The van der Waals surface area contributed by atoms with E-state index in [0.29, 0.717) is 6.04 Å². The Bertz CT molecular complexity index is 588. The van der Waals surface area contributed by atoms with E-state index >= 15 is 0 Å². The molecule has 0 spiro atoms. The first kappa shape index (κ1) is 15.9. The summed E-state index contributed by atoms with van der Waals surface area (Å²) in [6.45, 7) is 4.46. The lowest BCUT2D eigenvalue weighted by Crippen LogP contribution is -2.45. The second-order valence-electron chi connectivity index (χ2n) is 6.58. The van der Waals surface area contributed by atoms with Gasteiger partial charge in [-0.2, -0.15) is 0 Å². The summed E-state index contributed by atoms with van der Waals surface area (Å²) in [5.41, 5.74) is 0.954. The number of amides is 1. The molecule has 1 aliphatic heterocycles. The molecule has 124 valence electrons. The second kappa shape index (κ2) is 7.07. The maximum absolute atomic E-state index is 12.7. The summed E-state index contributed by atoms with van der Waals surface area (Å²) >= 11 is 0. The summed E-state index contributed by atoms with van der Waals surface area (Å²) < 4.78 is 10.7. The van der Waals surface area contributed by atoms with E-state index in [-0.39, 0.29) is 18.7 Å². The van der Waals surface area contributed by atoms with Gasteiger partial charge in [0.05, 0.1) is 0 Å². The highest BCUT2D eigenvalue weighted by Crippen LogP contribution is 2.33. The minimum atomic E-state index is 0.101. The van der Waals surface area contributed by atoms with E-state index in [9.17, 15) is 4.79 Å². The molecule has 1 amide bonds. The molecule has 0 unspecified atom stereocenters. The molecule has 4 nitrogen and oxygen atoms in total. The molecule has 1 saturated carbocycles. The molecule has 1 aliphatic carbocycles. The van der Waals surface area contributed by atoms with Crippen LogP contribution in [0.3, 0.4) is 0 Å².